The van der Waals surface area contributed by atoms with Gasteiger partial charge in [0.15, 0.2) is 0 Å². The molecule has 0 aromatic carbocycles. The molecule has 0 aliphatic rings. The first-order valence-electron chi connectivity index (χ1n) is 6.46. The fraction of sp³-hybridized carbons (Fsp3) is 0.500. The second-order valence-electron chi connectivity index (χ2n) is 4.54. The molecule has 2 rings (SSSR count). The summed E-state index contributed by atoms with van der Waals surface area (Å²) in [7, 11) is 2.02. The van der Waals surface area contributed by atoms with Crippen molar-refractivity contribution in [2.45, 2.75) is 39.3 Å². The van der Waals surface area contributed by atoms with Crippen LogP contribution in [0.3, 0.4) is 0 Å². The van der Waals surface area contributed by atoms with Crippen molar-refractivity contribution in [3.8, 4) is 0 Å². The second-order valence-corrected chi connectivity index (χ2v) is 5.48. The van der Waals surface area contributed by atoms with Crippen molar-refractivity contribution in [1.29, 1.82) is 0 Å². The van der Waals surface area contributed by atoms with Crippen LogP contribution >= 0.6 is 11.3 Å². The van der Waals surface area contributed by atoms with Crippen LogP contribution in [0.5, 0.6) is 0 Å². The molecular formula is C14H21N3S. The third-order valence-corrected chi connectivity index (χ3v) is 4.37. The van der Waals surface area contributed by atoms with Crippen LogP contribution in [0, 0.1) is 6.92 Å². The average molecular weight is 263 g/mol. The maximum absolute atomic E-state index is 4.29. The van der Waals surface area contributed by atoms with Crippen LogP contribution in [0.25, 0.3) is 0 Å². The summed E-state index contributed by atoms with van der Waals surface area (Å²) in [5.74, 6) is 0. The summed E-state index contributed by atoms with van der Waals surface area (Å²) in [5, 5.41) is 3.34. The molecule has 1 atom stereocenters. The molecule has 4 heteroatoms. The van der Waals surface area contributed by atoms with E-state index in [9.17, 15) is 0 Å². The van der Waals surface area contributed by atoms with Crippen molar-refractivity contribution in [2.24, 2.45) is 0 Å². The lowest BCUT2D eigenvalue weighted by Crippen LogP contribution is -2.14. The Morgan fingerprint density at radius 1 is 1.50 bits per heavy atom. The van der Waals surface area contributed by atoms with Crippen LogP contribution in [0.4, 0.5) is 0 Å². The Morgan fingerprint density at radius 3 is 2.94 bits per heavy atom. The van der Waals surface area contributed by atoms with E-state index in [4.69, 9.17) is 0 Å². The van der Waals surface area contributed by atoms with Crippen molar-refractivity contribution >= 4 is 11.3 Å². The van der Waals surface area contributed by atoms with Gasteiger partial charge in [-0.25, -0.2) is 4.98 Å². The first kappa shape index (κ1) is 13.3. The first-order chi connectivity index (χ1) is 8.74. The van der Waals surface area contributed by atoms with Crippen molar-refractivity contribution < 1.29 is 0 Å². The highest BCUT2D eigenvalue weighted by molar-refractivity contribution is 7.09. The van der Waals surface area contributed by atoms with E-state index in [-0.39, 0.29) is 0 Å². The second kappa shape index (κ2) is 6.16. The summed E-state index contributed by atoms with van der Waals surface area (Å²) in [4.78, 5) is 5.68. The minimum absolute atomic E-state index is 0.469. The molecule has 2 heterocycles. The molecule has 18 heavy (non-hydrogen) atoms. The zero-order valence-electron chi connectivity index (χ0n) is 11.3. The Balaban J connectivity index is 1.97. The van der Waals surface area contributed by atoms with Crippen LogP contribution in [-0.4, -0.2) is 16.6 Å². The number of thiazole rings is 1. The van der Waals surface area contributed by atoms with Gasteiger partial charge in [0.2, 0.25) is 0 Å². The highest BCUT2D eigenvalue weighted by atomic mass is 32.1. The van der Waals surface area contributed by atoms with E-state index in [1.54, 1.807) is 11.3 Å². The summed E-state index contributed by atoms with van der Waals surface area (Å²) < 4.78 is 2.27. The lowest BCUT2D eigenvalue weighted by molar-refractivity contribution is 0.574. The predicted octanol–water partition coefficient (Wildman–Crippen LogP) is 3.17. The molecule has 0 fully saturated rings. The molecule has 3 nitrogen and oxygen atoms in total. The van der Waals surface area contributed by atoms with Crippen LogP contribution in [0.1, 0.15) is 35.5 Å². The zero-order valence-corrected chi connectivity index (χ0v) is 12.1. The number of nitrogens with one attached hydrogen (secondary N) is 1. The summed E-state index contributed by atoms with van der Waals surface area (Å²) in [6, 6.07) is 2.68. The quantitative estimate of drug-likeness (QED) is 0.867. The maximum Gasteiger partial charge on any atom is 0.0797 e. The fourth-order valence-corrected chi connectivity index (χ4v) is 2.98. The van der Waals surface area contributed by atoms with Gasteiger partial charge in [0.05, 0.1) is 11.2 Å². The number of rotatable bonds is 6. The van der Waals surface area contributed by atoms with Gasteiger partial charge in [0.1, 0.15) is 0 Å². The highest BCUT2D eigenvalue weighted by Crippen LogP contribution is 2.18. The summed E-state index contributed by atoms with van der Waals surface area (Å²) in [6.07, 6.45) is 6.61. The van der Waals surface area contributed by atoms with Crippen molar-refractivity contribution in [3.63, 3.8) is 0 Å². The molecule has 0 amide bonds. The summed E-state index contributed by atoms with van der Waals surface area (Å²) in [5.41, 5.74) is 4.48. The number of nitrogens with zero attached hydrogens (tertiary/aromatic N) is 2. The van der Waals surface area contributed by atoms with Crippen molar-refractivity contribution in [3.05, 3.63) is 40.1 Å². The monoisotopic (exact) mass is 263 g/mol. The first-order valence-corrected chi connectivity index (χ1v) is 7.34. The molecule has 0 spiro atoms. The Morgan fingerprint density at radius 2 is 2.33 bits per heavy atom. The molecule has 0 bridgehead atoms. The van der Waals surface area contributed by atoms with Gasteiger partial charge >= 0.3 is 0 Å². The minimum Gasteiger partial charge on any atom is -0.354 e. The van der Waals surface area contributed by atoms with Crippen LogP contribution < -0.4 is 5.32 Å². The van der Waals surface area contributed by atoms with E-state index in [2.05, 4.69) is 47.2 Å². The van der Waals surface area contributed by atoms with Crippen molar-refractivity contribution in [2.75, 3.05) is 7.05 Å². The third-order valence-electron chi connectivity index (χ3n) is 3.37. The van der Waals surface area contributed by atoms with E-state index in [1.165, 1.54) is 16.1 Å². The Labute approximate surface area is 113 Å². The summed E-state index contributed by atoms with van der Waals surface area (Å²) in [6.45, 7) is 5.32. The maximum atomic E-state index is 4.29. The summed E-state index contributed by atoms with van der Waals surface area (Å²) >= 11 is 1.75. The van der Waals surface area contributed by atoms with E-state index >= 15 is 0 Å². The van der Waals surface area contributed by atoms with Gasteiger partial charge in [-0.3, -0.25) is 0 Å². The average Bonchev–Trinajstić information content (AvgIpc) is 2.98. The van der Waals surface area contributed by atoms with Gasteiger partial charge in [0.25, 0.3) is 0 Å². The SMILES string of the molecule is CCC(NC)c1ccn(CCc2scnc2C)c1. The van der Waals surface area contributed by atoms with E-state index < -0.39 is 0 Å². The third kappa shape index (κ3) is 3.00. The van der Waals surface area contributed by atoms with Gasteiger partial charge in [-0.1, -0.05) is 6.92 Å². The molecule has 0 saturated heterocycles. The van der Waals surface area contributed by atoms with E-state index in [0.29, 0.717) is 6.04 Å². The number of hydrogen-bond donors (Lipinski definition) is 1. The normalized spacial score (nSPS) is 12.8. The van der Waals surface area contributed by atoms with Gasteiger partial charge in [0, 0.05) is 36.3 Å². The lowest BCUT2D eigenvalue weighted by atomic mass is 10.1. The lowest BCUT2D eigenvalue weighted by Gasteiger charge is -2.11. The van der Waals surface area contributed by atoms with E-state index in [0.717, 1.165) is 19.4 Å². The topological polar surface area (TPSA) is 29.9 Å². The highest BCUT2D eigenvalue weighted by Gasteiger charge is 2.08. The molecule has 0 aliphatic heterocycles. The molecule has 1 unspecified atom stereocenters. The van der Waals surface area contributed by atoms with Crippen LogP contribution in [0.2, 0.25) is 0 Å². The molecule has 0 aliphatic carbocycles. The molecule has 1 N–H and O–H groups in total. The molecule has 2 aromatic heterocycles. The zero-order chi connectivity index (χ0) is 13.0. The number of aromatic nitrogens is 2. The predicted molar refractivity (Wildman–Crippen MR) is 77.1 cm³/mol. The fourth-order valence-electron chi connectivity index (χ4n) is 2.21. The number of hydrogen-bond acceptors (Lipinski definition) is 3. The Kier molecular flexibility index (Phi) is 4.55. The Hall–Kier alpha value is -1.13. The molecule has 98 valence electrons. The van der Waals surface area contributed by atoms with Crippen LogP contribution in [-0.2, 0) is 13.0 Å². The molecular weight excluding hydrogens is 242 g/mol. The van der Waals surface area contributed by atoms with Crippen molar-refractivity contribution in [1.82, 2.24) is 14.9 Å². The van der Waals surface area contributed by atoms with E-state index in [1.807, 2.05) is 12.6 Å². The van der Waals surface area contributed by atoms with Gasteiger partial charge in [-0.15, -0.1) is 11.3 Å². The largest absolute Gasteiger partial charge is 0.354 e. The molecule has 0 radical (unpaired) electrons. The molecule has 0 saturated carbocycles. The van der Waals surface area contributed by atoms with Gasteiger partial charge < -0.3 is 9.88 Å². The van der Waals surface area contributed by atoms with Crippen LogP contribution in [0.15, 0.2) is 24.0 Å². The minimum atomic E-state index is 0.469. The standard InChI is InChI=1S/C14H21N3S/c1-4-13(15-3)12-5-7-17(9-12)8-6-14-11(2)16-10-18-14/h5,7,9-10,13,15H,4,6,8H2,1-3H3. The smallest absolute Gasteiger partial charge is 0.0797 e. The molecule has 2 aromatic rings. The Bertz CT molecular complexity index is 483. The van der Waals surface area contributed by atoms with Gasteiger partial charge in [-0.2, -0.15) is 0 Å². The number of aryl methyl sites for hydroxylation is 3. The van der Waals surface area contributed by atoms with Gasteiger partial charge in [-0.05, 0) is 32.0 Å².